The Morgan fingerprint density at radius 1 is 1.36 bits per heavy atom. The minimum Gasteiger partial charge on any atom is -0.444 e. The fraction of sp³-hybridized carbons (Fsp3) is 0.867. The number of carbonyl (C=O) groups excluding carboxylic acids is 2. The van der Waals surface area contributed by atoms with Gasteiger partial charge in [0.05, 0.1) is 12.6 Å². The number of ketones is 1. The van der Waals surface area contributed by atoms with E-state index in [9.17, 15) is 18.4 Å². The van der Waals surface area contributed by atoms with Gasteiger partial charge < -0.3 is 14.8 Å². The van der Waals surface area contributed by atoms with Gasteiger partial charge in [-0.1, -0.05) is 0 Å². The summed E-state index contributed by atoms with van der Waals surface area (Å²) in [5.74, 6) is -3.21. The highest BCUT2D eigenvalue weighted by Crippen LogP contribution is 2.45. The summed E-state index contributed by atoms with van der Waals surface area (Å²) < 4.78 is 36.1. The van der Waals surface area contributed by atoms with E-state index in [0.29, 0.717) is 6.61 Å². The van der Waals surface area contributed by atoms with Crippen LogP contribution in [0.1, 0.15) is 47.0 Å². The summed E-state index contributed by atoms with van der Waals surface area (Å²) in [6.07, 6.45) is -1.03. The number of Topliss-reactive ketones (excluding diaryl/α,β-unsaturated/α-hetero) is 1. The lowest BCUT2D eigenvalue weighted by molar-refractivity contribution is -0.131. The molecule has 0 aromatic carbocycles. The van der Waals surface area contributed by atoms with Gasteiger partial charge in [-0.15, -0.1) is 0 Å². The van der Waals surface area contributed by atoms with Crippen molar-refractivity contribution in [3.8, 4) is 0 Å². The summed E-state index contributed by atoms with van der Waals surface area (Å²) in [6, 6.07) is -0.858. The van der Waals surface area contributed by atoms with Gasteiger partial charge in [0.25, 0.3) is 0 Å². The normalized spacial score (nSPS) is 28.5. The molecular weight excluding hydrogens is 296 g/mol. The summed E-state index contributed by atoms with van der Waals surface area (Å²) in [7, 11) is 0. The molecule has 1 saturated heterocycles. The molecule has 1 heterocycles. The van der Waals surface area contributed by atoms with E-state index in [0.717, 1.165) is 0 Å². The van der Waals surface area contributed by atoms with Gasteiger partial charge in [0.1, 0.15) is 11.2 Å². The first-order chi connectivity index (χ1) is 9.90. The second-order valence-electron chi connectivity index (χ2n) is 7.45. The van der Waals surface area contributed by atoms with E-state index in [1.807, 2.05) is 0 Å². The Hall–Kier alpha value is -1.24. The van der Waals surface area contributed by atoms with Crippen LogP contribution in [0.2, 0.25) is 0 Å². The molecule has 0 radical (unpaired) electrons. The molecule has 2 aliphatic rings. The number of ether oxygens (including phenoxy) is 2. The van der Waals surface area contributed by atoms with Crippen molar-refractivity contribution in [1.82, 2.24) is 5.32 Å². The molecule has 22 heavy (non-hydrogen) atoms. The Labute approximate surface area is 128 Å². The van der Waals surface area contributed by atoms with Crippen molar-refractivity contribution < 1.29 is 27.8 Å². The highest BCUT2D eigenvalue weighted by Gasteiger charge is 2.52. The van der Waals surface area contributed by atoms with Crippen LogP contribution in [0.15, 0.2) is 0 Å². The average Bonchev–Trinajstić information content (AvgIpc) is 3.01. The SMILES string of the molecule is CC(C)(C)OC(=O)NC(CC1CC(F)(F)C1)C(=O)C1(C)CO1. The maximum absolute atomic E-state index is 12.9. The summed E-state index contributed by atoms with van der Waals surface area (Å²) in [5.41, 5.74) is -1.60. The Bertz CT molecular complexity index is 461. The Morgan fingerprint density at radius 3 is 2.32 bits per heavy atom. The van der Waals surface area contributed by atoms with Crippen LogP contribution in [0.4, 0.5) is 13.6 Å². The molecule has 0 aromatic heterocycles. The number of amides is 1. The molecular formula is C15H23F2NO4. The zero-order valence-corrected chi connectivity index (χ0v) is 13.4. The highest BCUT2D eigenvalue weighted by molar-refractivity contribution is 5.95. The summed E-state index contributed by atoms with van der Waals surface area (Å²) >= 11 is 0. The van der Waals surface area contributed by atoms with E-state index < -0.39 is 29.3 Å². The Kier molecular flexibility index (Phi) is 4.23. The quantitative estimate of drug-likeness (QED) is 0.791. The van der Waals surface area contributed by atoms with Gasteiger partial charge >= 0.3 is 6.09 Å². The van der Waals surface area contributed by atoms with Crippen LogP contribution in [0.25, 0.3) is 0 Å². The number of carbonyl (C=O) groups is 2. The molecule has 0 bridgehead atoms. The first kappa shape index (κ1) is 17.1. The van der Waals surface area contributed by atoms with Crippen molar-refractivity contribution >= 4 is 11.9 Å². The number of hydrogen-bond donors (Lipinski definition) is 1. The van der Waals surface area contributed by atoms with Crippen LogP contribution in [0.5, 0.6) is 0 Å². The first-order valence-corrected chi connectivity index (χ1v) is 7.46. The summed E-state index contributed by atoms with van der Waals surface area (Å²) in [5, 5.41) is 2.51. The zero-order valence-electron chi connectivity index (χ0n) is 13.4. The fourth-order valence-electron chi connectivity index (χ4n) is 2.59. The highest BCUT2D eigenvalue weighted by atomic mass is 19.3. The van der Waals surface area contributed by atoms with Crippen LogP contribution in [0, 0.1) is 5.92 Å². The molecule has 5 nitrogen and oxygen atoms in total. The van der Waals surface area contributed by atoms with Crippen molar-refractivity contribution in [2.24, 2.45) is 5.92 Å². The molecule has 2 atom stereocenters. The average molecular weight is 319 g/mol. The third-order valence-corrected chi connectivity index (χ3v) is 3.85. The van der Waals surface area contributed by atoms with E-state index in [-0.39, 0.29) is 31.0 Å². The molecule has 2 unspecified atom stereocenters. The van der Waals surface area contributed by atoms with E-state index in [1.165, 1.54) is 0 Å². The Morgan fingerprint density at radius 2 is 1.91 bits per heavy atom. The van der Waals surface area contributed by atoms with Gasteiger partial charge in [0.2, 0.25) is 5.92 Å². The molecule has 0 aromatic rings. The third-order valence-electron chi connectivity index (χ3n) is 3.85. The van der Waals surface area contributed by atoms with E-state index in [1.54, 1.807) is 27.7 Å². The number of rotatable bonds is 5. The van der Waals surface area contributed by atoms with E-state index >= 15 is 0 Å². The second-order valence-corrected chi connectivity index (χ2v) is 7.45. The Balaban J connectivity index is 1.96. The van der Waals surface area contributed by atoms with Gasteiger partial charge in [-0.05, 0) is 40.0 Å². The monoisotopic (exact) mass is 319 g/mol. The maximum atomic E-state index is 12.9. The molecule has 1 saturated carbocycles. The summed E-state index contributed by atoms with van der Waals surface area (Å²) in [6.45, 7) is 7.05. The van der Waals surface area contributed by atoms with Gasteiger partial charge in [-0.25, -0.2) is 13.6 Å². The van der Waals surface area contributed by atoms with Crippen LogP contribution in [-0.2, 0) is 14.3 Å². The van der Waals surface area contributed by atoms with Crippen molar-refractivity contribution in [2.45, 2.75) is 70.1 Å². The number of hydrogen-bond acceptors (Lipinski definition) is 4. The van der Waals surface area contributed by atoms with Crippen molar-refractivity contribution in [3.05, 3.63) is 0 Å². The van der Waals surface area contributed by atoms with Gasteiger partial charge in [0.15, 0.2) is 5.78 Å². The van der Waals surface area contributed by atoms with Crippen LogP contribution in [-0.4, -0.2) is 41.6 Å². The molecule has 126 valence electrons. The molecule has 1 aliphatic carbocycles. The molecule has 1 N–H and O–H groups in total. The first-order valence-electron chi connectivity index (χ1n) is 7.46. The second kappa shape index (κ2) is 5.44. The van der Waals surface area contributed by atoms with Crippen LogP contribution >= 0.6 is 0 Å². The van der Waals surface area contributed by atoms with Crippen molar-refractivity contribution in [3.63, 3.8) is 0 Å². The number of nitrogens with one attached hydrogen (secondary N) is 1. The number of alkyl carbamates (subject to hydrolysis) is 1. The molecule has 2 rings (SSSR count). The molecule has 0 spiro atoms. The fourth-order valence-corrected chi connectivity index (χ4v) is 2.59. The number of epoxide rings is 1. The van der Waals surface area contributed by atoms with Gasteiger partial charge in [0, 0.05) is 12.8 Å². The lowest BCUT2D eigenvalue weighted by atomic mass is 9.76. The minimum absolute atomic E-state index is 0.187. The molecule has 1 aliphatic heterocycles. The van der Waals surface area contributed by atoms with Gasteiger partial charge in [-0.3, -0.25) is 4.79 Å². The molecule has 7 heteroatoms. The van der Waals surface area contributed by atoms with Crippen molar-refractivity contribution in [2.75, 3.05) is 6.61 Å². The molecule has 1 amide bonds. The third kappa shape index (κ3) is 4.38. The maximum Gasteiger partial charge on any atom is 0.408 e. The topological polar surface area (TPSA) is 67.9 Å². The van der Waals surface area contributed by atoms with Crippen LogP contribution < -0.4 is 5.32 Å². The molecule has 2 fully saturated rings. The number of halogens is 2. The minimum atomic E-state index is -2.65. The summed E-state index contributed by atoms with van der Waals surface area (Å²) in [4.78, 5) is 24.2. The number of alkyl halides is 2. The largest absolute Gasteiger partial charge is 0.444 e. The van der Waals surface area contributed by atoms with Gasteiger partial charge in [-0.2, -0.15) is 0 Å². The van der Waals surface area contributed by atoms with Crippen LogP contribution in [0.3, 0.4) is 0 Å². The predicted octanol–water partition coefficient (Wildman–Crippen LogP) is 2.67. The smallest absolute Gasteiger partial charge is 0.408 e. The lowest BCUT2D eigenvalue weighted by Gasteiger charge is -2.37. The predicted molar refractivity (Wildman–Crippen MR) is 74.8 cm³/mol. The standard InChI is InChI=1S/C15H23F2NO4/c1-13(2,3)22-12(20)18-10(11(19)14(4)8-21-14)5-9-6-15(16,17)7-9/h9-10H,5-8H2,1-4H3,(H,18,20). The van der Waals surface area contributed by atoms with E-state index in [2.05, 4.69) is 5.32 Å². The van der Waals surface area contributed by atoms with E-state index in [4.69, 9.17) is 9.47 Å². The zero-order chi connectivity index (χ0) is 16.8. The lowest BCUT2D eigenvalue weighted by Crippen LogP contribution is -2.50. The van der Waals surface area contributed by atoms with Crippen molar-refractivity contribution in [1.29, 1.82) is 0 Å².